The highest BCUT2D eigenvalue weighted by atomic mass is 28.5. The summed E-state index contributed by atoms with van der Waals surface area (Å²) in [5.41, 5.74) is 11.7. The van der Waals surface area contributed by atoms with Gasteiger partial charge in [0, 0.05) is 12.1 Å². The van der Waals surface area contributed by atoms with Gasteiger partial charge in [0.1, 0.15) is 0 Å². The van der Waals surface area contributed by atoms with Crippen LogP contribution in [0.3, 0.4) is 0 Å². The van der Waals surface area contributed by atoms with Crippen LogP contribution < -0.4 is 11.5 Å². The fraction of sp³-hybridized carbons (Fsp3) is 1.00. The number of rotatable bonds is 18. The lowest BCUT2D eigenvalue weighted by molar-refractivity contribution is 0.171. The smallest absolute Gasteiger partial charge is 0.417 e. The fourth-order valence-corrected chi connectivity index (χ4v) is 27.4. The lowest BCUT2D eigenvalue weighted by atomic mass is 10.3. The Morgan fingerprint density at radius 3 is 0.818 bits per heavy atom. The first-order valence-corrected chi connectivity index (χ1v) is 30.1. The lowest BCUT2D eigenvalue weighted by Gasteiger charge is -2.47. The van der Waals surface area contributed by atoms with E-state index < -0.39 is 50.9 Å². The number of nitrogens with two attached hydrogens (primary N) is 2. The van der Waals surface area contributed by atoms with Gasteiger partial charge in [-0.1, -0.05) is 0 Å². The largest absolute Gasteiger partial charge is 0.472 e. The molecule has 0 aromatic heterocycles. The molecule has 0 aliphatic heterocycles. The van der Waals surface area contributed by atoms with Crippen molar-refractivity contribution in [3.63, 3.8) is 0 Å². The summed E-state index contributed by atoms with van der Waals surface area (Å²) in [4.78, 5) is 0. The normalized spacial score (nSPS) is 14.7. The van der Waals surface area contributed by atoms with Crippen molar-refractivity contribution in [1.82, 2.24) is 0 Å². The molecule has 0 aliphatic carbocycles. The van der Waals surface area contributed by atoms with Gasteiger partial charge in [-0.05, 0) is 117 Å². The lowest BCUT2D eigenvalue weighted by Crippen LogP contribution is -2.67. The van der Waals surface area contributed by atoms with Crippen molar-refractivity contribution in [2.75, 3.05) is 13.1 Å². The van der Waals surface area contributed by atoms with Crippen LogP contribution in [-0.4, -0.2) is 64.0 Å². The Hall–Kier alpha value is 1.02. The van der Waals surface area contributed by atoms with Gasteiger partial charge in [0.25, 0.3) is 0 Å². The average Bonchev–Trinajstić information content (AvgIpc) is 2.48. The second-order valence-corrected chi connectivity index (χ2v) is 37.5. The van der Waals surface area contributed by atoms with E-state index in [1.807, 2.05) is 0 Å². The van der Waals surface area contributed by atoms with E-state index in [2.05, 4.69) is 78.6 Å². The summed E-state index contributed by atoms with van der Waals surface area (Å²) in [5.74, 6) is 0. The molecule has 0 spiro atoms. The minimum absolute atomic E-state index is 0.653. The predicted molar refractivity (Wildman–Crippen MR) is 157 cm³/mol. The Bertz CT molecular complexity index is 479. The van der Waals surface area contributed by atoms with Crippen molar-refractivity contribution in [2.24, 2.45) is 11.5 Å². The molecule has 0 atom stereocenters. The Balaban J connectivity index is 6.65. The Kier molecular flexibility index (Phi) is 14.0. The van der Waals surface area contributed by atoms with Gasteiger partial charge in [-0.2, -0.15) is 0 Å². The Labute approximate surface area is 211 Å². The molecule has 0 aromatic rings. The molecule has 0 aliphatic rings. The summed E-state index contributed by atoms with van der Waals surface area (Å²) in [6.07, 6.45) is 3.69. The van der Waals surface area contributed by atoms with Crippen molar-refractivity contribution in [3.8, 4) is 0 Å². The topological polar surface area (TPSA) is 98.2 Å². The minimum Gasteiger partial charge on any atom is -0.417 e. The molecule has 0 fully saturated rings. The van der Waals surface area contributed by atoms with E-state index >= 15 is 0 Å². The van der Waals surface area contributed by atoms with Crippen LogP contribution in [0, 0.1) is 0 Å². The van der Waals surface area contributed by atoms with Gasteiger partial charge in [-0.15, -0.1) is 0 Å². The molecule has 0 heterocycles. The Morgan fingerprint density at radius 1 is 0.394 bits per heavy atom. The van der Waals surface area contributed by atoms with Crippen molar-refractivity contribution in [3.05, 3.63) is 0 Å². The second kappa shape index (κ2) is 13.5. The summed E-state index contributed by atoms with van der Waals surface area (Å²) in [5, 5.41) is 0. The van der Waals surface area contributed by atoms with Gasteiger partial charge in [-0.25, -0.2) is 0 Å². The first kappa shape index (κ1) is 34.0. The highest BCUT2D eigenvalue weighted by Crippen LogP contribution is 2.36. The van der Waals surface area contributed by atoms with Crippen LogP contribution in [0.4, 0.5) is 0 Å². The van der Waals surface area contributed by atoms with Gasteiger partial charge in [0.05, 0.1) is 0 Å². The van der Waals surface area contributed by atoms with Crippen LogP contribution in [0.2, 0.25) is 90.7 Å². The summed E-state index contributed by atoms with van der Waals surface area (Å²) in [6, 6.07) is 1.52. The van der Waals surface area contributed by atoms with Crippen molar-refractivity contribution >= 4 is 50.9 Å². The fourth-order valence-electron chi connectivity index (χ4n) is 3.51. The first-order valence-electron chi connectivity index (χ1n) is 12.6. The molecule has 4 N–H and O–H groups in total. The number of hydrogen-bond donors (Lipinski definition) is 2. The molecule has 0 saturated carbocycles. The zero-order valence-electron chi connectivity index (χ0n) is 23.9. The third-order valence-corrected chi connectivity index (χ3v) is 23.2. The highest BCUT2D eigenvalue weighted by Gasteiger charge is 2.58. The second-order valence-electron chi connectivity index (χ2n) is 12.8. The van der Waals surface area contributed by atoms with Gasteiger partial charge < -0.3 is 32.0 Å². The molecule has 0 amide bonds. The van der Waals surface area contributed by atoms with E-state index in [-0.39, 0.29) is 0 Å². The SMILES string of the molecule is C[Si](C)(C)O[Si](CCCCN)(O[Si](C)(C)C)O[Si](CCCCN)(O[Si](C)(C)C)O[Si](C)(C)C. The monoisotopic (exact) mass is 572 g/mol. The zero-order chi connectivity index (χ0) is 26.2. The molecule has 0 aromatic carbocycles. The van der Waals surface area contributed by atoms with Gasteiger partial charge in [0.15, 0.2) is 33.3 Å². The molecule has 0 unspecified atom stereocenters. The average molecular weight is 573 g/mol. The van der Waals surface area contributed by atoms with E-state index in [1.54, 1.807) is 0 Å². The summed E-state index contributed by atoms with van der Waals surface area (Å²) < 4.78 is 35.1. The predicted octanol–water partition coefficient (Wildman–Crippen LogP) is 5.76. The van der Waals surface area contributed by atoms with Gasteiger partial charge in [0.2, 0.25) is 0 Å². The summed E-state index contributed by atoms with van der Waals surface area (Å²) in [6.45, 7) is 27.9. The minimum atomic E-state index is -3.11. The molecule has 0 saturated heterocycles. The first-order chi connectivity index (χ1) is 14.7. The quantitative estimate of drug-likeness (QED) is 0.159. The molecule has 0 bridgehead atoms. The van der Waals surface area contributed by atoms with Crippen LogP contribution in [0.25, 0.3) is 0 Å². The molecular formula is C20H56N2O5Si6. The maximum atomic E-state index is 7.27. The van der Waals surface area contributed by atoms with Crippen LogP contribution in [0.15, 0.2) is 0 Å². The maximum Gasteiger partial charge on any atom is 0.472 e. The highest BCUT2D eigenvalue weighted by molar-refractivity contribution is 6.92. The standard InChI is InChI=1S/C20H56N2O5Si6/c1-28(2,3)23-32(19-15-13-17-21,24-29(4,5)6)27-33(20-16-14-18-22,25-30(7,8)9)26-31(10,11)12/h13-22H2,1-12H3. The van der Waals surface area contributed by atoms with Crippen LogP contribution in [0.5, 0.6) is 0 Å². The van der Waals surface area contributed by atoms with E-state index in [1.165, 1.54) is 0 Å². The molecular weight excluding hydrogens is 517 g/mol. The summed E-state index contributed by atoms with van der Waals surface area (Å²) >= 11 is 0. The van der Waals surface area contributed by atoms with Gasteiger partial charge in [-0.3, -0.25) is 0 Å². The van der Waals surface area contributed by atoms with Crippen molar-refractivity contribution < 1.29 is 20.6 Å². The van der Waals surface area contributed by atoms with E-state index in [9.17, 15) is 0 Å². The molecule has 0 rings (SSSR count). The zero-order valence-corrected chi connectivity index (χ0v) is 29.9. The summed E-state index contributed by atoms with van der Waals surface area (Å²) in [7, 11) is -14.2. The third kappa shape index (κ3) is 17.2. The Morgan fingerprint density at radius 2 is 0.636 bits per heavy atom. The molecule has 200 valence electrons. The van der Waals surface area contributed by atoms with E-state index in [0.29, 0.717) is 13.1 Å². The van der Waals surface area contributed by atoms with Crippen LogP contribution >= 0.6 is 0 Å². The van der Waals surface area contributed by atoms with E-state index in [4.69, 9.17) is 32.0 Å². The van der Waals surface area contributed by atoms with E-state index in [0.717, 1.165) is 37.8 Å². The number of unbranched alkanes of at least 4 members (excludes halogenated alkanes) is 2. The molecule has 33 heavy (non-hydrogen) atoms. The van der Waals surface area contributed by atoms with Crippen molar-refractivity contribution in [1.29, 1.82) is 0 Å². The van der Waals surface area contributed by atoms with Crippen LogP contribution in [0.1, 0.15) is 25.7 Å². The van der Waals surface area contributed by atoms with Gasteiger partial charge >= 0.3 is 17.6 Å². The molecule has 0 radical (unpaired) electrons. The maximum absolute atomic E-state index is 7.27. The third-order valence-electron chi connectivity index (χ3n) is 4.03. The molecule has 13 heteroatoms. The van der Waals surface area contributed by atoms with Crippen molar-refractivity contribution in [2.45, 2.75) is 116 Å². The van der Waals surface area contributed by atoms with Crippen LogP contribution in [-0.2, 0) is 20.6 Å². The molecule has 7 nitrogen and oxygen atoms in total. The number of hydrogen-bond acceptors (Lipinski definition) is 7.